The van der Waals surface area contributed by atoms with Gasteiger partial charge in [0.25, 0.3) is 0 Å². The second-order valence-electron chi connectivity index (χ2n) is 6.93. The zero-order chi connectivity index (χ0) is 19.5. The minimum atomic E-state index is -1.00. The summed E-state index contributed by atoms with van der Waals surface area (Å²) in [5.74, 6) is 1.08. The maximum absolute atomic E-state index is 10.7. The third kappa shape index (κ3) is 4.84. The molecule has 0 bridgehead atoms. The van der Waals surface area contributed by atoms with Gasteiger partial charge in [-0.3, -0.25) is 0 Å². The minimum Gasteiger partial charge on any atom is -0.383 e. The Labute approximate surface area is 167 Å². The van der Waals surface area contributed by atoms with E-state index in [0.29, 0.717) is 24.9 Å². The summed E-state index contributed by atoms with van der Waals surface area (Å²) < 4.78 is 0. The van der Waals surface area contributed by atoms with Crippen molar-refractivity contribution < 1.29 is 10.2 Å². The molecule has 0 amide bonds. The lowest BCUT2D eigenvalue weighted by molar-refractivity contribution is 0.0750. The Kier molecular flexibility index (Phi) is 5.81. The first-order chi connectivity index (χ1) is 12.8. The predicted molar refractivity (Wildman–Crippen MR) is 112 cm³/mol. The summed E-state index contributed by atoms with van der Waals surface area (Å²) in [5.41, 5.74) is -1.10. The number of rotatable bonds is 8. The van der Waals surface area contributed by atoms with Gasteiger partial charge in [-0.25, -0.2) is 4.98 Å². The zero-order valence-corrected chi connectivity index (χ0v) is 17.2. The van der Waals surface area contributed by atoms with Crippen molar-refractivity contribution in [2.24, 2.45) is 0 Å². The average Bonchev–Trinajstić information content (AvgIpc) is 3.33. The molecule has 27 heavy (non-hydrogen) atoms. The summed E-state index contributed by atoms with van der Waals surface area (Å²) in [7, 11) is 0. The highest BCUT2D eigenvalue weighted by molar-refractivity contribution is 7.10. The summed E-state index contributed by atoms with van der Waals surface area (Å²) in [6.45, 7) is 6.07. The lowest BCUT2D eigenvalue weighted by Gasteiger charge is -2.24. The van der Waals surface area contributed by atoms with E-state index in [0.717, 1.165) is 15.3 Å². The van der Waals surface area contributed by atoms with Gasteiger partial charge in [-0.2, -0.15) is 4.98 Å². The van der Waals surface area contributed by atoms with E-state index >= 15 is 0 Å². The van der Waals surface area contributed by atoms with E-state index in [2.05, 4.69) is 20.6 Å². The van der Waals surface area contributed by atoms with Crippen molar-refractivity contribution in [2.45, 2.75) is 32.0 Å². The molecule has 3 aromatic rings. The van der Waals surface area contributed by atoms with Gasteiger partial charge in [-0.1, -0.05) is 12.1 Å². The van der Waals surface area contributed by atoms with E-state index in [4.69, 9.17) is 0 Å². The van der Waals surface area contributed by atoms with Crippen LogP contribution < -0.4 is 10.6 Å². The van der Waals surface area contributed by atoms with E-state index in [1.165, 1.54) is 22.7 Å². The van der Waals surface area contributed by atoms with Crippen molar-refractivity contribution >= 4 is 34.4 Å². The third-order valence-corrected chi connectivity index (χ3v) is 6.51. The molecule has 6 nitrogen and oxygen atoms in total. The Morgan fingerprint density at radius 2 is 1.52 bits per heavy atom. The van der Waals surface area contributed by atoms with Crippen LogP contribution in [0.3, 0.4) is 0 Å². The number of anilines is 2. The van der Waals surface area contributed by atoms with Gasteiger partial charge in [-0.15, -0.1) is 22.7 Å². The molecule has 4 N–H and O–H groups in total. The van der Waals surface area contributed by atoms with Crippen molar-refractivity contribution in [1.82, 2.24) is 9.97 Å². The molecule has 3 aromatic heterocycles. The summed E-state index contributed by atoms with van der Waals surface area (Å²) in [6.07, 6.45) is 1.72. The van der Waals surface area contributed by atoms with Crippen molar-refractivity contribution in [1.29, 1.82) is 0 Å². The standard InChI is InChI=1S/C19H24N4O2S2/c1-13-10-20-17(22-12-19(3,25)15-7-5-9-27-15)23-16(13)21-11-18(2,24)14-6-4-8-26-14/h4-10,24-25H,11-12H2,1-3H3,(H2,20,21,22,23). The molecule has 0 aliphatic heterocycles. The first-order valence-corrected chi connectivity index (χ1v) is 10.4. The van der Waals surface area contributed by atoms with Crippen molar-refractivity contribution in [3.63, 3.8) is 0 Å². The van der Waals surface area contributed by atoms with E-state index in [1.807, 2.05) is 41.9 Å². The molecule has 144 valence electrons. The van der Waals surface area contributed by atoms with Gasteiger partial charge < -0.3 is 20.8 Å². The maximum atomic E-state index is 10.7. The largest absolute Gasteiger partial charge is 0.383 e. The molecule has 0 spiro atoms. The molecule has 0 aliphatic carbocycles. The summed E-state index contributed by atoms with van der Waals surface area (Å²) in [5, 5.41) is 31.5. The highest BCUT2D eigenvalue weighted by Gasteiger charge is 2.26. The fourth-order valence-electron chi connectivity index (χ4n) is 2.56. The molecular weight excluding hydrogens is 380 g/mol. The zero-order valence-electron chi connectivity index (χ0n) is 15.6. The van der Waals surface area contributed by atoms with Gasteiger partial charge in [0.2, 0.25) is 5.95 Å². The Hall–Kier alpha value is -2.00. The number of aryl methyl sites for hydroxylation is 1. The second-order valence-corrected chi connectivity index (χ2v) is 8.83. The molecule has 3 heterocycles. The van der Waals surface area contributed by atoms with Crippen LogP contribution in [-0.4, -0.2) is 33.3 Å². The van der Waals surface area contributed by atoms with Gasteiger partial charge >= 0.3 is 0 Å². The number of hydrogen-bond donors (Lipinski definition) is 4. The number of thiophene rings is 2. The molecule has 8 heteroatoms. The highest BCUT2D eigenvalue weighted by atomic mass is 32.1. The minimum absolute atomic E-state index is 0.295. The van der Waals surface area contributed by atoms with Gasteiger partial charge in [0.1, 0.15) is 17.0 Å². The number of aromatic nitrogens is 2. The SMILES string of the molecule is Cc1cnc(NCC(C)(O)c2cccs2)nc1NCC(C)(O)c1cccs1. The van der Waals surface area contributed by atoms with Gasteiger partial charge in [0, 0.05) is 28.1 Å². The summed E-state index contributed by atoms with van der Waals surface area (Å²) in [4.78, 5) is 10.6. The molecule has 0 aliphatic rings. The normalized spacial score (nSPS) is 15.7. The highest BCUT2D eigenvalue weighted by Crippen LogP contribution is 2.27. The Morgan fingerprint density at radius 3 is 2.04 bits per heavy atom. The summed E-state index contributed by atoms with van der Waals surface area (Å²) in [6, 6.07) is 7.66. The molecule has 2 atom stereocenters. The third-order valence-electron chi connectivity index (χ3n) is 4.27. The van der Waals surface area contributed by atoms with Crippen molar-refractivity contribution in [2.75, 3.05) is 23.7 Å². The van der Waals surface area contributed by atoms with E-state index in [1.54, 1.807) is 20.0 Å². The fraction of sp³-hybridized carbons (Fsp3) is 0.368. The van der Waals surface area contributed by atoms with E-state index in [-0.39, 0.29) is 0 Å². The van der Waals surface area contributed by atoms with Crippen LogP contribution in [0.25, 0.3) is 0 Å². The Morgan fingerprint density at radius 1 is 0.963 bits per heavy atom. The lowest BCUT2D eigenvalue weighted by Crippen LogP contribution is -2.31. The maximum Gasteiger partial charge on any atom is 0.224 e. The van der Waals surface area contributed by atoms with Crippen LogP contribution in [0.2, 0.25) is 0 Å². The van der Waals surface area contributed by atoms with Crippen LogP contribution in [0, 0.1) is 6.92 Å². The van der Waals surface area contributed by atoms with Gasteiger partial charge in [0.05, 0.1) is 6.54 Å². The van der Waals surface area contributed by atoms with Crippen LogP contribution in [-0.2, 0) is 11.2 Å². The Bertz CT molecular complexity index is 862. The molecule has 0 radical (unpaired) electrons. The van der Waals surface area contributed by atoms with E-state index < -0.39 is 11.2 Å². The number of aliphatic hydroxyl groups is 2. The van der Waals surface area contributed by atoms with Crippen molar-refractivity contribution in [3.05, 3.63) is 56.5 Å². The van der Waals surface area contributed by atoms with Crippen LogP contribution in [0.15, 0.2) is 41.2 Å². The Balaban J connectivity index is 1.66. The van der Waals surface area contributed by atoms with Gasteiger partial charge in [-0.05, 0) is 43.7 Å². The average molecular weight is 405 g/mol. The molecule has 0 fully saturated rings. The second kappa shape index (κ2) is 7.93. The molecular formula is C19H24N4O2S2. The number of hydrogen-bond acceptors (Lipinski definition) is 8. The lowest BCUT2D eigenvalue weighted by atomic mass is 10.1. The molecule has 2 unspecified atom stereocenters. The molecule has 0 aromatic carbocycles. The van der Waals surface area contributed by atoms with Crippen molar-refractivity contribution in [3.8, 4) is 0 Å². The van der Waals surface area contributed by atoms with Crippen LogP contribution in [0.1, 0.15) is 29.2 Å². The summed E-state index contributed by atoms with van der Waals surface area (Å²) >= 11 is 3.03. The predicted octanol–water partition coefficient (Wildman–Crippen LogP) is 3.55. The quantitative estimate of drug-likeness (QED) is 0.459. The molecule has 0 saturated carbocycles. The first-order valence-electron chi connectivity index (χ1n) is 8.62. The first kappa shape index (κ1) is 19.8. The number of nitrogens with one attached hydrogen (secondary N) is 2. The molecule has 0 saturated heterocycles. The van der Waals surface area contributed by atoms with Gasteiger partial charge in [0.15, 0.2) is 0 Å². The topological polar surface area (TPSA) is 90.3 Å². The smallest absolute Gasteiger partial charge is 0.224 e. The van der Waals surface area contributed by atoms with Crippen LogP contribution in [0.5, 0.6) is 0 Å². The monoisotopic (exact) mass is 404 g/mol. The number of nitrogens with zero attached hydrogens (tertiary/aromatic N) is 2. The van der Waals surface area contributed by atoms with Crippen LogP contribution >= 0.6 is 22.7 Å². The molecule has 3 rings (SSSR count). The van der Waals surface area contributed by atoms with Crippen LogP contribution in [0.4, 0.5) is 11.8 Å². The van der Waals surface area contributed by atoms with E-state index in [9.17, 15) is 10.2 Å². The fourth-order valence-corrected chi connectivity index (χ4v) is 4.13.